The van der Waals surface area contributed by atoms with Gasteiger partial charge >= 0.3 is 5.51 Å². The van der Waals surface area contributed by atoms with Gasteiger partial charge in [-0.2, -0.15) is 13.2 Å². The topological polar surface area (TPSA) is 29.1 Å². The summed E-state index contributed by atoms with van der Waals surface area (Å²) in [6, 6.07) is 9.37. The van der Waals surface area contributed by atoms with Gasteiger partial charge in [-0.15, -0.1) is 0 Å². The van der Waals surface area contributed by atoms with E-state index in [0.717, 1.165) is 5.56 Å². The Bertz CT molecular complexity index is 511. The predicted octanol–water partition coefficient (Wildman–Crippen LogP) is 3.99. The van der Waals surface area contributed by atoms with E-state index in [4.69, 9.17) is 0 Å². The molecule has 1 aromatic rings. The van der Waals surface area contributed by atoms with E-state index in [2.05, 4.69) is 5.32 Å². The summed E-state index contributed by atoms with van der Waals surface area (Å²) in [5.74, 6) is -0.422. The molecule has 1 aromatic carbocycles. The highest BCUT2D eigenvalue weighted by molar-refractivity contribution is 8.04. The number of alkyl halides is 3. The lowest BCUT2D eigenvalue weighted by molar-refractivity contribution is -0.115. The molecule has 0 saturated heterocycles. The van der Waals surface area contributed by atoms with Crippen molar-refractivity contribution < 1.29 is 18.0 Å². The number of hydrogen-bond acceptors (Lipinski definition) is 3. The summed E-state index contributed by atoms with van der Waals surface area (Å²) < 4.78 is 37.5. The number of rotatable bonds is 4. The SMILES string of the molecule is O=C1CCCC(NCc2ccccc2)=C1SC(F)(F)F. The molecular weight excluding hydrogens is 287 g/mol. The fourth-order valence-corrected chi connectivity index (χ4v) is 2.77. The average Bonchev–Trinajstić information content (AvgIpc) is 2.39. The van der Waals surface area contributed by atoms with Crippen LogP contribution in [0.15, 0.2) is 40.9 Å². The number of hydrogen-bond donors (Lipinski definition) is 1. The minimum atomic E-state index is -4.43. The molecule has 0 atom stereocenters. The number of halogens is 3. The lowest BCUT2D eigenvalue weighted by Crippen LogP contribution is -2.22. The third-order valence-electron chi connectivity index (χ3n) is 2.92. The molecule has 0 bridgehead atoms. The summed E-state index contributed by atoms with van der Waals surface area (Å²) in [6.07, 6.45) is 1.27. The van der Waals surface area contributed by atoms with Crippen molar-refractivity contribution in [3.05, 3.63) is 46.5 Å². The van der Waals surface area contributed by atoms with Gasteiger partial charge in [0.25, 0.3) is 0 Å². The van der Waals surface area contributed by atoms with Gasteiger partial charge in [-0.1, -0.05) is 30.3 Å². The molecule has 1 aliphatic rings. The molecule has 20 heavy (non-hydrogen) atoms. The van der Waals surface area contributed by atoms with Crippen LogP contribution in [0.1, 0.15) is 24.8 Å². The van der Waals surface area contributed by atoms with Crippen LogP contribution >= 0.6 is 11.8 Å². The number of allylic oxidation sites excluding steroid dienone is 2. The number of carbonyl (C=O) groups excluding carboxylic acids is 1. The smallest absolute Gasteiger partial charge is 0.383 e. The zero-order valence-electron chi connectivity index (χ0n) is 10.7. The van der Waals surface area contributed by atoms with Gasteiger partial charge < -0.3 is 5.32 Å². The van der Waals surface area contributed by atoms with E-state index in [-0.39, 0.29) is 23.1 Å². The Kier molecular flexibility index (Phi) is 4.75. The van der Waals surface area contributed by atoms with Crippen LogP contribution in [-0.4, -0.2) is 11.3 Å². The molecular formula is C14H14F3NOS. The van der Waals surface area contributed by atoms with Crippen LogP contribution in [0.4, 0.5) is 13.2 Å². The quantitative estimate of drug-likeness (QED) is 0.911. The van der Waals surface area contributed by atoms with Crippen molar-refractivity contribution in [1.82, 2.24) is 5.32 Å². The van der Waals surface area contributed by atoms with Crippen LogP contribution in [0.3, 0.4) is 0 Å². The van der Waals surface area contributed by atoms with Gasteiger partial charge in [0, 0.05) is 18.7 Å². The molecule has 6 heteroatoms. The first kappa shape index (κ1) is 15.0. The number of thioether (sulfide) groups is 1. The monoisotopic (exact) mass is 301 g/mol. The van der Waals surface area contributed by atoms with Crippen molar-refractivity contribution in [2.24, 2.45) is 0 Å². The number of carbonyl (C=O) groups is 1. The van der Waals surface area contributed by atoms with Crippen molar-refractivity contribution in [3.8, 4) is 0 Å². The fraction of sp³-hybridized carbons (Fsp3) is 0.357. The Balaban J connectivity index is 2.12. The zero-order chi connectivity index (χ0) is 14.6. The summed E-state index contributed by atoms with van der Waals surface area (Å²) in [7, 11) is 0. The molecule has 2 rings (SSSR count). The normalized spacial score (nSPS) is 16.4. The molecule has 0 spiro atoms. The highest BCUT2D eigenvalue weighted by Crippen LogP contribution is 2.40. The number of ketones is 1. The maximum Gasteiger partial charge on any atom is 0.446 e. The first-order chi connectivity index (χ1) is 9.46. The van der Waals surface area contributed by atoms with E-state index >= 15 is 0 Å². The first-order valence-corrected chi connectivity index (χ1v) is 7.07. The molecule has 2 nitrogen and oxygen atoms in total. The van der Waals surface area contributed by atoms with Crippen LogP contribution in [0, 0.1) is 0 Å². The van der Waals surface area contributed by atoms with Crippen molar-refractivity contribution in [3.63, 3.8) is 0 Å². The average molecular weight is 301 g/mol. The standard InChI is InChI=1S/C14H14F3NOS/c15-14(16,17)20-13-11(7-4-8-12(13)19)18-9-10-5-2-1-3-6-10/h1-3,5-6,18H,4,7-9H2. The van der Waals surface area contributed by atoms with Crippen LogP contribution in [0.5, 0.6) is 0 Å². The molecule has 1 aliphatic carbocycles. The van der Waals surface area contributed by atoms with Gasteiger partial charge in [-0.25, -0.2) is 0 Å². The second-order valence-corrected chi connectivity index (χ2v) is 5.55. The molecule has 0 aliphatic heterocycles. The van der Waals surface area contributed by atoms with Crippen molar-refractivity contribution >= 4 is 17.5 Å². The number of nitrogens with one attached hydrogen (secondary N) is 1. The van der Waals surface area contributed by atoms with Gasteiger partial charge in [-0.3, -0.25) is 4.79 Å². The van der Waals surface area contributed by atoms with Crippen molar-refractivity contribution in [2.45, 2.75) is 31.3 Å². The maximum atomic E-state index is 12.5. The van der Waals surface area contributed by atoms with E-state index < -0.39 is 11.3 Å². The Hall–Kier alpha value is -1.43. The van der Waals surface area contributed by atoms with E-state index in [1.54, 1.807) is 0 Å². The molecule has 108 valence electrons. The van der Waals surface area contributed by atoms with Gasteiger partial charge in [0.15, 0.2) is 5.78 Å². The minimum absolute atomic E-state index is 0.181. The summed E-state index contributed by atoms with van der Waals surface area (Å²) in [4.78, 5) is 11.5. The van der Waals surface area contributed by atoms with E-state index in [0.29, 0.717) is 25.1 Å². The van der Waals surface area contributed by atoms with Crippen LogP contribution in [0.2, 0.25) is 0 Å². The third-order valence-corrected chi connectivity index (χ3v) is 3.83. The van der Waals surface area contributed by atoms with Crippen LogP contribution in [0.25, 0.3) is 0 Å². The molecule has 0 saturated carbocycles. The van der Waals surface area contributed by atoms with Crippen molar-refractivity contribution in [2.75, 3.05) is 0 Å². The number of Topliss-reactive ketones (excluding diaryl/α,β-unsaturated/α-hetero) is 1. The van der Waals surface area contributed by atoms with Gasteiger partial charge in [-0.05, 0) is 30.2 Å². The lowest BCUT2D eigenvalue weighted by atomic mass is 10.0. The molecule has 0 heterocycles. The second kappa shape index (κ2) is 6.35. The highest BCUT2D eigenvalue weighted by Gasteiger charge is 2.35. The summed E-state index contributed by atoms with van der Waals surface area (Å²) in [5.41, 5.74) is -3.05. The van der Waals surface area contributed by atoms with Crippen molar-refractivity contribution in [1.29, 1.82) is 0 Å². The molecule has 0 aromatic heterocycles. The molecule has 0 radical (unpaired) electrons. The summed E-state index contributed by atoms with van der Waals surface area (Å²) in [6.45, 7) is 0.422. The fourth-order valence-electron chi connectivity index (χ4n) is 2.03. The Morgan fingerprint density at radius 1 is 1.15 bits per heavy atom. The van der Waals surface area contributed by atoms with Gasteiger partial charge in [0.2, 0.25) is 0 Å². The third kappa shape index (κ3) is 4.30. The first-order valence-electron chi connectivity index (χ1n) is 6.25. The molecule has 0 unspecified atom stereocenters. The highest BCUT2D eigenvalue weighted by atomic mass is 32.2. The van der Waals surface area contributed by atoms with Crippen LogP contribution < -0.4 is 5.32 Å². The Labute approximate surface area is 119 Å². The van der Waals surface area contributed by atoms with E-state index in [9.17, 15) is 18.0 Å². The van der Waals surface area contributed by atoms with E-state index in [1.165, 1.54) is 0 Å². The summed E-state index contributed by atoms with van der Waals surface area (Å²) in [5, 5.41) is 2.98. The molecule has 0 fully saturated rings. The Morgan fingerprint density at radius 2 is 1.85 bits per heavy atom. The Morgan fingerprint density at radius 3 is 2.50 bits per heavy atom. The maximum absolute atomic E-state index is 12.5. The lowest BCUT2D eigenvalue weighted by Gasteiger charge is -2.21. The predicted molar refractivity (Wildman–Crippen MR) is 72.8 cm³/mol. The molecule has 1 N–H and O–H groups in total. The molecule has 0 amide bonds. The van der Waals surface area contributed by atoms with E-state index in [1.807, 2.05) is 30.3 Å². The summed E-state index contributed by atoms with van der Waals surface area (Å²) >= 11 is -0.303. The zero-order valence-corrected chi connectivity index (χ0v) is 11.5. The largest absolute Gasteiger partial charge is 0.446 e. The number of benzene rings is 1. The van der Waals surface area contributed by atoms with Gasteiger partial charge in [0.1, 0.15) is 0 Å². The van der Waals surface area contributed by atoms with Gasteiger partial charge in [0.05, 0.1) is 4.91 Å². The second-order valence-electron chi connectivity index (χ2n) is 4.47. The van der Waals surface area contributed by atoms with Crippen LogP contribution in [-0.2, 0) is 11.3 Å². The minimum Gasteiger partial charge on any atom is -0.383 e.